The highest BCUT2D eigenvalue weighted by Gasteiger charge is 2.26. The highest BCUT2D eigenvalue weighted by molar-refractivity contribution is 7.47. The number of phosphoric ester groups is 1. The minimum absolute atomic E-state index is 0.00395. The van der Waals surface area contributed by atoms with E-state index in [4.69, 9.17) is 18.5 Å². The molecular weight excluding hydrogens is 737 g/mol. The molecule has 1 N–H and O–H groups in total. The van der Waals surface area contributed by atoms with E-state index in [0.29, 0.717) is 19.4 Å². The van der Waals surface area contributed by atoms with E-state index >= 15 is 0 Å². The van der Waals surface area contributed by atoms with Crippen molar-refractivity contribution in [1.82, 2.24) is 4.90 Å². The Kier molecular flexibility index (Phi) is 40.2. The summed E-state index contributed by atoms with van der Waals surface area (Å²) in [6, 6.07) is 0. The number of nitrogens with zero attached hydrogens (tertiary/aromatic N) is 1. The quantitative estimate of drug-likeness (QED) is 0.0279. The van der Waals surface area contributed by atoms with Crippen molar-refractivity contribution in [3.8, 4) is 0 Å². The van der Waals surface area contributed by atoms with Gasteiger partial charge in [-0.05, 0) is 91.1 Å². The van der Waals surface area contributed by atoms with Crippen molar-refractivity contribution in [3.05, 3.63) is 60.8 Å². The molecule has 0 rings (SSSR count). The van der Waals surface area contributed by atoms with Crippen molar-refractivity contribution in [2.24, 2.45) is 0 Å². The van der Waals surface area contributed by atoms with Gasteiger partial charge in [0, 0.05) is 19.4 Å². The predicted octanol–water partition coefficient (Wildman–Crippen LogP) is 13.1. The van der Waals surface area contributed by atoms with E-state index < -0.39 is 32.5 Å². The third-order valence-electron chi connectivity index (χ3n) is 9.30. The lowest BCUT2D eigenvalue weighted by Gasteiger charge is -2.20. The van der Waals surface area contributed by atoms with Crippen LogP contribution in [0.2, 0.25) is 0 Å². The number of hydrogen-bond donors (Lipinski definition) is 1. The molecule has 0 fully saturated rings. The fourth-order valence-corrected chi connectivity index (χ4v) is 6.53. The normalized spacial score (nSPS) is 13.9. The standard InChI is InChI=1S/C47H84NO8P/c1-5-7-9-11-13-15-17-19-21-23-25-27-29-31-33-35-37-39-46(49)53-43-45(44-55-57(51,52)54-42-41-48(3)4)56-47(50)40-38-36-34-32-30-28-26-24-22-20-18-16-14-12-10-8-6-2/h13,15,19-22,25,27,31,33,45H,5-12,14,16-18,23-24,26,28-30,32,34-44H2,1-4H3,(H,51,52)/b15-13-,21-19-,22-20-,27-25-,33-31-. The van der Waals surface area contributed by atoms with Crippen LogP contribution in [0.4, 0.5) is 0 Å². The molecule has 10 heteroatoms. The lowest BCUT2D eigenvalue weighted by molar-refractivity contribution is -0.161. The van der Waals surface area contributed by atoms with E-state index in [1.807, 2.05) is 19.0 Å². The molecule has 0 aliphatic rings. The Labute approximate surface area is 349 Å². The highest BCUT2D eigenvalue weighted by atomic mass is 31.2. The van der Waals surface area contributed by atoms with Crippen molar-refractivity contribution in [2.45, 2.75) is 187 Å². The van der Waals surface area contributed by atoms with Gasteiger partial charge in [0.25, 0.3) is 0 Å². The monoisotopic (exact) mass is 822 g/mol. The van der Waals surface area contributed by atoms with Crippen LogP contribution in [-0.2, 0) is 32.7 Å². The summed E-state index contributed by atoms with van der Waals surface area (Å²) in [5, 5.41) is 0. The van der Waals surface area contributed by atoms with E-state index in [0.717, 1.165) is 51.4 Å². The second-order valence-corrected chi connectivity index (χ2v) is 16.7. The molecule has 0 aliphatic heterocycles. The maximum atomic E-state index is 12.7. The van der Waals surface area contributed by atoms with Gasteiger partial charge in [-0.25, -0.2) is 4.57 Å². The van der Waals surface area contributed by atoms with Crippen molar-refractivity contribution < 1.29 is 37.6 Å². The van der Waals surface area contributed by atoms with E-state index in [1.54, 1.807) is 0 Å². The van der Waals surface area contributed by atoms with Crippen LogP contribution in [0.15, 0.2) is 60.8 Å². The van der Waals surface area contributed by atoms with Crippen molar-refractivity contribution in [2.75, 3.05) is 40.5 Å². The Morgan fingerprint density at radius 2 is 0.965 bits per heavy atom. The van der Waals surface area contributed by atoms with Gasteiger partial charge >= 0.3 is 19.8 Å². The number of phosphoric acid groups is 1. The fraction of sp³-hybridized carbons (Fsp3) is 0.745. The SMILES string of the molecule is CCCCC/C=C\C/C=C\C/C=C\C/C=C\CCCC(=O)OCC(COP(=O)(O)OCCN(C)C)OC(=O)CCCCCCCCC/C=C\CCCCCCCC. The van der Waals surface area contributed by atoms with E-state index in [1.165, 1.54) is 89.9 Å². The van der Waals surface area contributed by atoms with Crippen LogP contribution in [0.5, 0.6) is 0 Å². The molecule has 0 saturated carbocycles. The number of allylic oxidation sites excluding steroid dienone is 10. The lowest BCUT2D eigenvalue weighted by atomic mass is 10.1. The molecule has 0 aliphatic carbocycles. The Hall–Kier alpha value is -2.29. The summed E-state index contributed by atoms with van der Waals surface area (Å²) in [6.45, 7) is 4.22. The third-order valence-corrected chi connectivity index (χ3v) is 10.3. The molecule has 0 spiro atoms. The molecular formula is C47H84NO8P. The zero-order valence-corrected chi connectivity index (χ0v) is 37.7. The minimum Gasteiger partial charge on any atom is -0.462 e. The molecule has 2 unspecified atom stereocenters. The number of carbonyl (C=O) groups excluding carboxylic acids is 2. The number of carbonyl (C=O) groups is 2. The summed E-state index contributed by atoms with van der Waals surface area (Å²) < 4.78 is 33.4. The average molecular weight is 822 g/mol. The summed E-state index contributed by atoms with van der Waals surface area (Å²) in [5.74, 6) is -0.875. The molecule has 0 aromatic rings. The van der Waals surface area contributed by atoms with Gasteiger partial charge in [0.15, 0.2) is 6.10 Å². The Balaban J connectivity index is 4.37. The van der Waals surface area contributed by atoms with Gasteiger partial charge in [-0.3, -0.25) is 18.6 Å². The molecule has 57 heavy (non-hydrogen) atoms. The number of ether oxygens (including phenoxy) is 2. The van der Waals surface area contributed by atoms with Gasteiger partial charge in [0.1, 0.15) is 6.61 Å². The molecule has 330 valence electrons. The van der Waals surface area contributed by atoms with Gasteiger partial charge in [-0.1, -0.05) is 152 Å². The minimum atomic E-state index is -4.38. The first-order chi connectivity index (χ1) is 27.7. The molecule has 0 amide bonds. The summed E-state index contributed by atoms with van der Waals surface area (Å²) in [5.41, 5.74) is 0. The van der Waals surface area contributed by atoms with Crippen LogP contribution < -0.4 is 0 Å². The van der Waals surface area contributed by atoms with Crippen LogP contribution in [0.1, 0.15) is 181 Å². The van der Waals surface area contributed by atoms with Crippen molar-refractivity contribution >= 4 is 19.8 Å². The van der Waals surface area contributed by atoms with Gasteiger partial charge in [0.05, 0.1) is 13.2 Å². The van der Waals surface area contributed by atoms with E-state index in [-0.39, 0.29) is 26.1 Å². The van der Waals surface area contributed by atoms with Gasteiger partial charge in [-0.2, -0.15) is 0 Å². The second-order valence-electron chi connectivity index (χ2n) is 15.2. The van der Waals surface area contributed by atoms with Crippen molar-refractivity contribution in [3.63, 3.8) is 0 Å². The summed E-state index contributed by atoms with van der Waals surface area (Å²) in [7, 11) is -0.741. The molecule has 0 saturated heterocycles. The zero-order chi connectivity index (χ0) is 41.9. The summed E-state index contributed by atoms with van der Waals surface area (Å²) in [6.07, 6.45) is 48.4. The third kappa shape index (κ3) is 43.1. The largest absolute Gasteiger partial charge is 0.472 e. The van der Waals surface area contributed by atoms with Crippen LogP contribution in [0, 0.1) is 0 Å². The Bertz CT molecular complexity index is 1130. The second kappa shape index (κ2) is 41.9. The molecule has 0 heterocycles. The zero-order valence-electron chi connectivity index (χ0n) is 36.8. The number of hydrogen-bond acceptors (Lipinski definition) is 8. The number of rotatable bonds is 41. The van der Waals surface area contributed by atoms with E-state index in [2.05, 4.69) is 74.6 Å². The molecule has 9 nitrogen and oxygen atoms in total. The van der Waals surface area contributed by atoms with Crippen LogP contribution in [0.25, 0.3) is 0 Å². The first-order valence-electron chi connectivity index (χ1n) is 22.6. The maximum absolute atomic E-state index is 12.7. The molecule has 0 radical (unpaired) electrons. The average Bonchev–Trinajstić information content (AvgIpc) is 3.18. The Morgan fingerprint density at radius 3 is 1.51 bits per heavy atom. The number of esters is 2. The molecule has 0 aromatic heterocycles. The number of unbranched alkanes of at least 4 members (excludes halogenated alkanes) is 17. The number of likely N-dealkylation sites (N-methyl/N-ethyl adjacent to an activating group) is 1. The first kappa shape index (κ1) is 54.7. The van der Waals surface area contributed by atoms with E-state index in [9.17, 15) is 19.0 Å². The maximum Gasteiger partial charge on any atom is 0.472 e. The Morgan fingerprint density at radius 1 is 0.544 bits per heavy atom. The summed E-state index contributed by atoms with van der Waals surface area (Å²) in [4.78, 5) is 37.0. The fourth-order valence-electron chi connectivity index (χ4n) is 5.79. The predicted molar refractivity (Wildman–Crippen MR) is 238 cm³/mol. The van der Waals surface area contributed by atoms with Crippen LogP contribution in [0.3, 0.4) is 0 Å². The summed E-state index contributed by atoms with van der Waals surface area (Å²) >= 11 is 0. The van der Waals surface area contributed by atoms with Gasteiger partial charge in [0.2, 0.25) is 0 Å². The van der Waals surface area contributed by atoms with Crippen molar-refractivity contribution in [1.29, 1.82) is 0 Å². The molecule has 0 aromatic carbocycles. The smallest absolute Gasteiger partial charge is 0.462 e. The van der Waals surface area contributed by atoms with Gasteiger partial charge < -0.3 is 19.3 Å². The molecule has 2 atom stereocenters. The van der Waals surface area contributed by atoms with Crippen LogP contribution in [-0.4, -0.2) is 68.3 Å². The highest BCUT2D eigenvalue weighted by Crippen LogP contribution is 2.43. The topological polar surface area (TPSA) is 112 Å². The van der Waals surface area contributed by atoms with Gasteiger partial charge in [-0.15, -0.1) is 0 Å². The van der Waals surface area contributed by atoms with Crippen LogP contribution >= 0.6 is 7.82 Å². The first-order valence-corrected chi connectivity index (χ1v) is 24.1. The molecule has 0 bridgehead atoms. The lowest BCUT2D eigenvalue weighted by Crippen LogP contribution is -2.29.